The SMILES string of the molecule is COC(=O)[C@@H]1[C@@H](OC)[C@H](OC(=O)c2cc(OC)c(OC)c(OC)c2)C[C@@H]2CCN3CCc4c([nH]c5cc(OC)ccc45)[C@H]3[C@@H]21. The highest BCUT2D eigenvalue weighted by molar-refractivity contribution is 5.91. The van der Waals surface area contributed by atoms with Crippen molar-refractivity contribution in [2.24, 2.45) is 17.8 Å². The molecular formula is C33H40N2O9. The number of nitrogens with zero attached hydrogens (tertiary/aromatic N) is 1. The Balaban J connectivity index is 1.35. The fourth-order valence-corrected chi connectivity index (χ4v) is 7.84. The summed E-state index contributed by atoms with van der Waals surface area (Å²) in [4.78, 5) is 33.4. The van der Waals surface area contributed by atoms with E-state index >= 15 is 0 Å². The van der Waals surface area contributed by atoms with Crippen LogP contribution >= 0.6 is 0 Å². The minimum absolute atomic E-state index is 0.0376. The Morgan fingerprint density at radius 3 is 2.30 bits per heavy atom. The molecule has 1 saturated heterocycles. The lowest BCUT2D eigenvalue weighted by Gasteiger charge is -2.54. The van der Waals surface area contributed by atoms with Crippen molar-refractivity contribution in [3.05, 3.63) is 47.2 Å². The summed E-state index contributed by atoms with van der Waals surface area (Å²) in [6, 6.07) is 9.19. The van der Waals surface area contributed by atoms with Gasteiger partial charge in [0.2, 0.25) is 5.75 Å². The Bertz CT molecular complexity index is 1530. The van der Waals surface area contributed by atoms with Gasteiger partial charge in [0.15, 0.2) is 11.5 Å². The standard InChI is InChI=1S/C33H40N2O9/c1-38-19-7-8-20-21-10-12-35-11-9-17-13-25(44-32(36)18-14-23(39-2)30(41-4)24(15-18)40-3)31(42-5)27(33(37)43-6)26(17)29(35)28(21)34-22(20)16-19/h7-8,14-17,25-27,29,31,34H,9-13H2,1-6H3/t17-,25+,26-,27-,29+,31-/m0/s1. The van der Waals surface area contributed by atoms with Crippen LogP contribution in [0.4, 0.5) is 0 Å². The van der Waals surface area contributed by atoms with Crippen LogP contribution in [0.15, 0.2) is 30.3 Å². The van der Waals surface area contributed by atoms with Crippen molar-refractivity contribution in [3.63, 3.8) is 0 Å². The summed E-state index contributed by atoms with van der Waals surface area (Å²) in [7, 11) is 9.10. The molecule has 1 aromatic heterocycles. The Hall–Kier alpha value is -3.96. The lowest BCUT2D eigenvalue weighted by atomic mass is 9.61. The number of carbonyl (C=O) groups is 2. The first-order valence-electron chi connectivity index (χ1n) is 14.9. The summed E-state index contributed by atoms with van der Waals surface area (Å²) in [5.74, 6) is 0.248. The van der Waals surface area contributed by atoms with Gasteiger partial charge < -0.3 is 38.1 Å². The maximum atomic E-state index is 13.6. The van der Waals surface area contributed by atoms with Crippen molar-refractivity contribution in [1.82, 2.24) is 9.88 Å². The van der Waals surface area contributed by atoms with Crippen LogP contribution in [0.1, 0.15) is 40.5 Å². The van der Waals surface area contributed by atoms with E-state index in [0.29, 0.717) is 23.7 Å². The number of fused-ring (bicyclic) bond motifs is 7. The third-order valence-electron chi connectivity index (χ3n) is 9.75. The molecule has 3 aliphatic rings. The smallest absolute Gasteiger partial charge is 0.338 e. The van der Waals surface area contributed by atoms with Crippen molar-refractivity contribution in [2.75, 3.05) is 55.7 Å². The van der Waals surface area contributed by atoms with E-state index in [1.54, 1.807) is 26.4 Å². The molecule has 11 nitrogen and oxygen atoms in total. The van der Waals surface area contributed by atoms with Crippen molar-refractivity contribution in [1.29, 1.82) is 0 Å². The molecule has 11 heteroatoms. The highest BCUT2D eigenvalue weighted by atomic mass is 16.6. The second kappa shape index (κ2) is 12.2. The molecule has 0 radical (unpaired) electrons. The lowest BCUT2D eigenvalue weighted by Crippen LogP contribution is -2.59. The van der Waals surface area contributed by atoms with E-state index in [2.05, 4.69) is 16.0 Å². The number of nitrogens with one attached hydrogen (secondary N) is 1. The van der Waals surface area contributed by atoms with E-state index in [4.69, 9.17) is 33.2 Å². The van der Waals surface area contributed by atoms with Gasteiger partial charge in [-0.1, -0.05) is 0 Å². The van der Waals surface area contributed by atoms with E-state index in [9.17, 15) is 9.59 Å². The fourth-order valence-electron chi connectivity index (χ4n) is 7.84. The number of hydrogen-bond acceptors (Lipinski definition) is 10. The van der Waals surface area contributed by atoms with Gasteiger partial charge in [0.25, 0.3) is 0 Å². The summed E-state index contributed by atoms with van der Waals surface area (Å²) >= 11 is 0. The average Bonchev–Trinajstić information content (AvgIpc) is 3.44. The predicted molar refractivity (Wildman–Crippen MR) is 161 cm³/mol. The molecule has 2 fully saturated rings. The number of piperidine rings is 1. The van der Waals surface area contributed by atoms with Gasteiger partial charge in [-0.15, -0.1) is 0 Å². The van der Waals surface area contributed by atoms with Gasteiger partial charge in [0.1, 0.15) is 18.0 Å². The Kier molecular flexibility index (Phi) is 8.34. The minimum Gasteiger partial charge on any atom is -0.497 e. The molecule has 2 aromatic carbocycles. The van der Waals surface area contributed by atoms with Crippen LogP contribution in [0, 0.1) is 17.8 Å². The van der Waals surface area contributed by atoms with Gasteiger partial charge in [0, 0.05) is 36.3 Å². The second-order valence-electron chi connectivity index (χ2n) is 11.6. The molecule has 6 rings (SSSR count). The normalized spacial score (nSPS) is 26.1. The summed E-state index contributed by atoms with van der Waals surface area (Å²) in [5.41, 5.74) is 3.67. The zero-order chi connectivity index (χ0) is 31.1. The number of aromatic nitrogens is 1. The van der Waals surface area contributed by atoms with Gasteiger partial charge in [-0.3, -0.25) is 9.69 Å². The first kappa shape index (κ1) is 30.1. The molecule has 0 amide bonds. The van der Waals surface area contributed by atoms with E-state index in [1.807, 2.05) is 12.1 Å². The van der Waals surface area contributed by atoms with Gasteiger partial charge in [0.05, 0.1) is 53.1 Å². The quantitative estimate of drug-likeness (QED) is 0.374. The van der Waals surface area contributed by atoms with E-state index in [-0.39, 0.29) is 29.4 Å². The van der Waals surface area contributed by atoms with Crippen LogP contribution in [0.25, 0.3) is 10.9 Å². The number of carbonyl (C=O) groups excluding carboxylic acids is 2. The minimum atomic E-state index is -0.704. The van der Waals surface area contributed by atoms with Crippen LogP contribution in [-0.4, -0.2) is 89.8 Å². The number of ether oxygens (including phenoxy) is 7. The van der Waals surface area contributed by atoms with E-state index in [1.165, 1.54) is 39.4 Å². The average molecular weight is 609 g/mol. The number of aromatic amines is 1. The van der Waals surface area contributed by atoms with E-state index in [0.717, 1.165) is 42.9 Å². The molecule has 1 saturated carbocycles. The highest BCUT2D eigenvalue weighted by Crippen LogP contribution is 2.53. The molecule has 0 spiro atoms. The molecule has 6 atom stereocenters. The predicted octanol–water partition coefficient (Wildman–Crippen LogP) is 4.17. The Morgan fingerprint density at radius 2 is 1.66 bits per heavy atom. The van der Waals surface area contributed by atoms with Crippen molar-refractivity contribution in [2.45, 2.75) is 37.5 Å². The Labute approximate surface area is 256 Å². The zero-order valence-electron chi connectivity index (χ0n) is 26.0. The largest absolute Gasteiger partial charge is 0.497 e. The number of benzene rings is 2. The molecule has 2 aliphatic heterocycles. The summed E-state index contributed by atoms with van der Waals surface area (Å²) in [6.07, 6.45) is 0.969. The van der Waals surface area contributed by atoms with Crippen LogP contribution in [-0.2, 0) is 25.4 Å². The van der Waals surface area contributed by atoms with Crippen molar-refractivity contribution in [3.8, 4) is 23.0 Å². The van der Waals surface area contributed by atoms with Crippen LogP contribution in [0.5, 0.6) is 23.0 Å². The fraction of sp³-hybridized carbons (Fsp3) is 0.515. The Morgan fingerprint density at radius 1 is 0.909 bits per heavy atom. The monoisotopic (exact) mass is 608 g/mol. The summed E-state index contributed by atoms with van der Waals surface area (Å²) in [6.45, 7) is 1.77. The molecule has 0 bridgehead atoms. The third-order valence-corrected chi connectivity index (χ3v) is 9.75. The second-order valence-corrected chi connectivity index (χ2v) is 11.6. The molecule has 0 unspecified atom stereocenters. The number of hydrogen-bond donors (Lipinski definition) is 1. The van der Waals surface area contributed by atoms with Crippen molar-refractivity contribution < 1.29 is 42.7 Å². The summed E-state index contributed by atoms with van der Waals surface area (Å²) < 4.78 is 39.3. The van der Waals surface area contributed by atoms with Crippen molar-refractivity contribution >= 4 is 22.8 Å². The molecule has 3 aromatic rings. The van der Waals surface area contributed by atoms with Crippen LogP contribution in [0.2, 0.25) is 0 Å². The van der Waals surface area contributed by atoms with Gasteiger partial charge >= 0.3 is 11.9 Å². The molecule has 3 heterocycles. The molecule has 1 aliphatic carbocycles. The number of rotatable bonds is 8. The first-order valence-corrected chi connectivity index (χ1v) is 14.9. The maximum absolute atomic E-state index is 13.6. The zero-order valence-corrected chi connectivity index (χ0v) is 26.0. The van der Waals surface area contributed by atoms with Gasteiger partial charge in [-0.25, -0.2) is 4.79 Å². The summed E-state index contributed by atoms with van der Waals surface area (Å²) in [5, 5.41) is 1.17. The topological polar surface area (TPSA) is 118 Å². The molecule has 44 heavy (non-hydrogen) atoms. The van der Waals surface area contributed by atoms with Gasteiger partial charge in [-0.2, -0.15) is 0 Å². The van der Waals surface area contributed by atoms with E-state index < -0.39 is 24.1 Å². The highest BCUT2D eigenvalue weighted by Gasteiger charge is 2.57. The molecular weight excluding hydrogens is 568 g/mol. The van der Waals surface area contributed by atoms with Gasteiger partial charge in [-0.05, 0) is 67.5 Å². The molecule has 236 valence electrons. The number of methoxy groups -OCH3 is 6. The number of H-pyrrole nitrogens is 1. The maximum Gasteiger partial charge on any atom is 0.338 e. The lowest BCUT2D eigenvalue weighted by molar-refractivity contribution is -0.180. The molecule has 1 N–H and O–H groups in total. The van der Waals surface area contributed by atoms with Crippen LogP contribution in [0.3, 0.4) is 0 Å². The number of esters is 2. The third kappa shape index (κ3) is 4.92. The van der Waals surface area contributed by atoms with Crippen LogP contribution < -0.4 is 18.9 Å². The first-order chi connectivity index (χ1) is 21.4.